The first kappa shape index (κ1) is 28.3. The number of hydrogen-bond acceptors (Lipinski definition) is 5. The van der Waals surface area contributed by atoms with Crippen LogP contribution in [0, 0.1) is 11.3 Å². The van der Waals surface area contributed by atoms with Gasteiger partial charge in [0, 0.05) is 21.9 Å². The molecule has 11 heteroatoms. The van der Waals surface area contributed by atoms with E-state index < -0.39 is 41.3 Å². The molecule has 3 rings (SSSR count). The Morgan fingerprint density at radius 2 is 1.86 bits per heavy atom. The molecule has 37 heavy (non-hydrogen) atoms. The highest BCUT2D eigenvalue weighted by Crippen LogP contribution is 2.31. The number of nitrogens with two attached hydrogens (primary N) is 1. The van der Waals surface area contributed by atoms with Crippen LogP contribution in [0.3, 0.4) is 0 Å². The summed E-state index contributed by atoms with van der Waals surface area (Å²) in [5, 5.41) is 9.43. The molecule has 3 unspecified atom stereocenters. The first-order chi connectivity index (χ1) is 17.1. The SMILES string of the molecule is COc1cc(Cl)cc2[nH]c(C(=O)NC(CC(C)(C)C)C(=O)NC(CC3CC(C)(C)NC3=O)C(N)=O)cc12. The van der Waals surface area contributed by atoms with Gasteiger partial charge in [-0.1, -0.05) is 32.4 Å². The standard InChI is InChI=1S/C26H36ClN5O5/c1-25(2,3)12-19(24(36)30-17(21(28)33)7-13-11-26(4,5)32-22(13)34)31-23(35)18-10-15-16(29-18)8-14(27)9-20(15)37-6/h8-10,13,17,19,29H,7,11-12H2,1-6H3,(H2,28,33)(H,30,36)(H,31,35)(H,32,34). The fourth-order valence-corrected chi connectivity index (χ4v) is 4.92. The Bertz CT molecular complexity index is 1220. The molecule has 10 nitrogen and oxygen atoms in total. The quantitative estimate of drug-likeness (QED) is 0.335. The van der Waals surface area contributed by atoms with Crippen molar-refractivity contribution in [2.45, 2.75) is 71.5 Å². The van der Waals surface area contributed by atoms with E-state index in [4.69, 9.17) is 22.1 Å². The van der Waals surface area contributed by atoms with Gasteiger partial charge >= 0.3 is 0 Å². The van der Waals surface area contributed by atoms with Crippen molar-refractivity contribution in [2.75, 3.05) is 7.11 Å². The lowest BCUT2D eigenvalue weighted by atomic mass is 9.87. The average Bonchev–Trinajstić information content (AvgIpc) is 3.30. The third-order valence-electron chi connectivity index (χ3n) is 6.34. The second kappa shape index (κ2) is 10.6. The molecule has 3 atom stereocenters. The summed E-state index contributed by atoms with van der Waals surface area (Å²) < 4.78 is 5.36. The van der Waals surface area contributed by atoms with Crippen LogP contribution >= 0.6 is 11.6 Å². The smallest absolute Gasteiger partial charge is 0.268 e. The molecule has 1 fully saturated rings. The summed E-state index contributed by atoms with van der Waals surface area (Å²) >= 11 is 6.13. The summed E-state index contributed by atoms with van der Waals surface area (Å²) in [4.78, 5) is 54.0. The van der Waals surface area contributed by atoms with Crippen molar-refractivity contribution in [3.05, 3.63) is 28.9 Å². The minimum Gasteiger partial charge on any atom is -0.496 e. The van der Waals surface area contributed by atoms with Crippen molar-refractivity contribution in [1.82, 2.24) is 20.9 Å². The third kappa shape index (κ3) is 7.15. The van der Waals surface area contributed by atoms with Gasteiger partial charge in [-0.05, 0) is 56.7 Å². The molecule has 4 amide bonds. The molecule has 1 aliphatic heterocycles. The molecule has 2 aromatic rings. The number of amides is 4. The summed E-state index contributed by atoms with van der Waals surface area (Å²) in [6.45, 7) is 9.60. The number of halogens is 1. The maximum atomic E-state index is 13.3. The number of carbonyl (C=O) groups is 4. The van der Waals surface area contributed by atoms with Crippen LogP contribution in [0.4, 0.5) is 0 Å². The predicted octanol–water partition coefficient (Wildman–Crippen LogP) is 2.64. The fourth-order valence-electron chi connectivity index (χ4n) is 4.71. The van der Waals surface area contributed by atoms with Gasteiger partial charge in [0.15, 0.2) is 0 Å². The first-order valence-corrected chi connectivity index (χ1v) is 12.6. The fraction of sp³-hybridized carbons (Fsp3) is 0.538. The second-order valence-corrected chi connectivity index (χ2v) is 12.0. The van der Waals surface area contributed by atoms with E-state index in [9.17, 15) is 19.2 Å². The molecular weight excluding hydrogens is 498 g/mol. The number of benzene rings is 1. The van der Waals surface area contributed by atoms with Crippen LogP contribution in [-0.4, -0.2) is 53.3 Å². The van der Waals surface area contributed by atoms with Crippen LogP contribution in [0.25, 0.3) is 10.9 Å². The van der Waals surface area contributed by atoms with Gasteiger partial charge in [0.05, 0.1) is 12.6 Å². The molecule has 1 aliphatic rings. The second-order valence-electron chi connectivity index (χ2n) is 11.5. The molecule has 202 valence electrons. The maximum Gasteiger partial charge on any atom is 0.268 e. The largest absolute Gasteiger partial charge is 0.496 e. The number of fused-ring (bicyclic) bond motifs is 1. The van der Waals surface area contributed by atoms with Gasteiger partial charge in [0.2, 0.25) is 17.7 Å². The lowest BCUT2D eigenvalue weighted by Gasteiger charge is -2.28. The van der Waals surface area contributed by atoms with E-state index >= 15 is 0 Å². The minimum absolute atomic E-state index is 0.0785. The monoisotopic (exact) mass is 533 g/mol. The molecule has 1 aromatic carbocycles. The van der Waals surface area contributed by atoms with E-state index in [1.807, 2.05) is 34.6 Å². The molecule has 0 spiro atoms. The molecule has 0 bridgehead atoms. The van der Waals surface area contributed by atoms with E-state index in [-0.39, 0.29) is 23.4 Å². The number of aromatic amines is 1. The van der Waals surface area contributed by atoms with Crippen LogP contribution in [0.15, 0.2) is 18.2 Å². The molecule has 6 N–H and O–H groups in total. The van der Waals surface area contributed by atoms with E-state index in [0.29, 0.717) is 34.5 Å². The van der Waals surface area contributed by atoms with E-state index in [2.05, 4.69) is 20.9 Å². The van der Waals surface area contributed by atoms with Gasteiger partial charge < -0.3 is 31.4 Å². The van der Waals surface area contributed by atoms with Crippen molar-refractivity contribution >= 4 is 46.1 Å². The Morgan fingerprint density at radius 1 is 1.19 bits per heavy atom. The zero-order valence-electron chi connectivity index (χ0n) is 22.1. The van der Waals surface area contributed by atoms with Crippen molar-refractivity contribution in [3.8, 4) is 5.75 Å². The number of carbonyl (C=O) groups excluding carboxylic acids is 4. The number of methoxy groups -OCH3 is 1. The van der Waals surface area contributed by atoms with Gasteiger partial charge in [-0.2, -0.15) is 0 Å². The minimum atomic E-state index is -1.06. The lowest BCUT2D eigenvalue weighted by Crippen LogP contribution is -2.54. The van der Waals surface area contributed by atoms with Crippen LogP contribution in [0.5, 0.6) is 5.75 Å². The normalized spacial score (nSPS) is 18.7. The van der Waals surface area contributed by atoms with Crippen molar-refractivity contribution in [2.24, 2.45) is 17.1 Å². The van der Waals surface area contributed by atoms with E-state index in [1.165, 1.54) is 7.11 Å². The van der Waals surface area contributed by atoms with E-state index in [1.54, 1.807) is 18.2 Å². The number of aromatic nitrogens is 1. The molecule has 0 radical (unpaired) electrons. The highest BCUT2D eigenvalue weighted by atomic mass is 35.5. The van der Waals surface area contributed by atoms with Crippen molar-refractivity contribution in [1.29, 1.82) is 0 Å². The van der Waals surface area contributed by atoms with Crippen molar-refractivity contribution < 1.29 is 23.9 Å². The Labute approximate surface area is 221 Å². The summed E-state index contributed by atoms with van der Waals surface area (Å²) in [7, 11) is 1.51. The number of ether oxygens (including phenoxy) is 1. The first-order valence-electron chi connectivity index (χ1n) is 12.2. The van der Waals surface area contributed by atoms with Crippen LogP contribution < -0.4 is 26.4 Å². The zero-order chi connectivity index (χ0) is 27.7. The summed E-state index contributed by atoms with van der Waals surface area (Å²) in [6, 6.07) is 2.92. The Balaban J connectivity index is 1.79. The van der Waals surface area contributed by atoms with E-state index in [0.717, 1.165) is 0 Å². The molecule has 0 saturated carbocycles. The Hall–Kier alpha value is -3.27. The number of nitrogens with one attached hydrogen (secondary N) is 4. The number of primary amides is 1. The summed E-state index contributed by atoms with van der Waals surface area (Å²) in [5.41, 5.74) is 5.68. The molecule has 1 aromatic heterocycles. The predicted molar refractivity (Wildman–Crippen MR) is 141 cm³/mol. The summed E-state index contributed by atoms with van der Waals surface area (Å²) in [6.07, 6.45) is 0.888. The van der Waals surface area contributed by atoms with Crippen molar-refractivity contribution in [3.63, 3.8) is 0 Å². The summed E-state index contributed by atoms with van der Waals surface area (Å²) in [5.74, 6) is -1.94. The third-order valence-corrected chi connectivity index (χ3v) is 6.56. The Kier molecular flexibility index (Phi) is 8.12. The van der Waals surface area contributed by atoms with Crippen LogP contribution in [-0.2, 0) is 14.4 Å². The number of H-pyrrole nitrogens is 1. The Morgan fingerprint density at radius 3 is 2.41 bits per heavy atom. The van der Waals surface area contributed by atoms with Gasteiger partial charge in [-0.3, -0.25) is 19.2 Å². The highest BCUT2D eigenvalue weighted by molar-refractivity contribution is 6.31. The average molecular weight is 534 g/mol. The molecule has 2 heterocycles. The van der Waals surface area contributed by atoms with Crippen LogP contribution in [0.2, 0.25) is 5.02 Å². The number of hydrogen-bond donors (Lipinski definition) is 5. The van der Waals surface area contributed by atoms with Gasteiger partial charge in [-0.15, -0.1) is 0 Å². The lowest BCUT2D eigenvalue weighted by molar-refractivity contribution is -0.130. The molecular formula is C26H36ClN5O5. The maximum absolute atomic E-state index is 13.3. The highest BCUT2D eigenvalue weighted by Gasteiger charge is 2.40. The zero-order valence-corrected chi connectivity index (χ0v) is 22.8. The van der Waals surface area contributed by atoms with Gasteiger partial charge in [0.1, 0.15) is 23.5 Å². The van der Waals surface area contributed by atoms with Crippen LogP contribution in [0.1, 0.15) is 64.4 Å². The number of rotatable bonds is 9. The topological polar surface area (TPSA) is 155 Å². The van der Waals surface area contributed by atoms with Gasteiger partial charge in [-0.25, -0.2) is 0 Å². The molecule has 1 saturated heterocycles. The van der Waals surface area contributed by atoms with Gasteiger partial charge in [0.25, 0.3) is 5.91 Å². The molecule has 0 aliphatic carbocycles.